The lowest BCUT2D eigenvalue weighted by Crippen LogP contribution is -2.30. The van der Waals surface area contributed by atoms with Crippen molar-refractivity contribution in [2.75, 3.05) is 18.4 Å². The van der Waals surface area contributed by atoms with Gasteiger partial charge in [0.2, 0.25) is 10.0 Å². The van der Waals surface area contributed by atoms with Gasteiger partial charge in [-0.15, -0.1) is 16.4 Å². The van der Waals surface area contributed by atoms with Gasteiger partial charge < -0.3 is 4.42 Å². The summed E-state index contributed by atoms with van der Waals surface area (Å²) in [6.45, 7) is 4.30. The molecule has 148 valence electrons. The van der Waals surface area contributed by atoms with E-state index in [1.54, 1.807) is 13.8 Å². The number of carbonyl (C=O) groups is 1. The molecule has 1 amide bonds. The molecule has 0 unspecified atom stereocenters. The quantitative estimate of drug-likeness (QED) is 0.545. The molecule has 1 N–H and O–H groups in total. The first-order valence-corrected chi connectivity index (χ1v) is 11.4. The van der Waals surface area contributed by atoms with Crippen LogP contribution in [0.15, 0.2) is 49.5 Å². The number of amides is 1. The summed E-state index contributed by atoms with van der Waals surface area (Å²) in [6.07, 6.45) is 0. The van der Waals surface area contributed by atoms with Gasteiger partial charge in [0, 0.05) is 18.7 Å². The zero-order chi connectivity index (χ0) is 20.3. The molecule has 3 aromatic rings. The van der Waals surface area contributed by atoms with Crippen LogP contribution in [0.4, 0.5) is 6.01 Å². The number of benzene rings is 1. The Kier molecular flexibility index (Phi) is 6.28. The fourth-order valence-electron chi connectivity index (χ4n) is 2.46. The Labute approximate surface area is 174 Å². The Morgan fingerprint density at radius 2 is 1.82 bits per heavy atom. The van der Waals surface area contributed by atoms with Gasteiger partial charge in [-0.2, -0.15) is 4.31 Å². The highest BCUT2D eigenvalue weighted by Gasteiger charge is 2.22. The SMILES string of the molecule is CCN(CC)S(=O)(=O)c1ccc(C(=O)Nc2nnc(-c3ccc(Br)s3)o2)cc1. The van der Waals surface area contributed by atoms with Gasteiger partial charge in [-0.05, 0) is 52.3 Å². The number of nitrogens with one attached hydrogen (secondary N) is 1. The van der Waals surface area contributed by atoms with Crippen LogP contribution >= 0.6 is 27.3 Å². The zero-order valence-corrected chi connectivity index (χ0v) is 18.3. The summed E-state index contributed by atoms with van der Waals surface area (Å²) in [5.74, 6) is -0.180. The molecular weight excluding hydrogens is 468 g/mol. The number of halogens is 1. The summed E-state index contributed by atoms with van der Waals surface area (Å²) in [4.78, 5) is 13.3. The van der Waals surface area contributed by atoms with Gasteiger partial charge in [-0.3, -0.25) is 10.1 Å². The third kappa shape index (κ3) is 4.32. The van der Waals surface area contributed by atoms with E-state index in [1.807, 2.05) is 12.1 Å². The second kappa shape index (κ2) is 8.52. The smallest absolute Gasteiger partial charge is 0.322 e. The largest absolute Gasteiger partial charge is 0.402 e. The van der Waals surface area contributed by atoms with Crippen LogP contribution in [0.2, 0.25) is 0 Å². The van der Waals surface area contributed by atoms with E-state index >= 15 is 0 Å². The number of rotatable bonds is 7. The lowest BCUT2D eigenvalue weighted by Gasteiger charge is -2.18. The van der Waals surface area contributed by atoms with E-state index < -0.39 is 15.9 Å². The molecular formula is C17H17BrN4O4S2. The minimum Gasteiger partial charge on any atom is -0.402 e. The van der Waals surface area contributed by atoms with Crippen molar-refractivity contribution in [1.29, 1.82) is 0 Å². The molecule has 0 spiro atoms. The van der Waals surface area contributed by atoms with Crippen LogP contribution in [0, 0.1) is 0 Å². The Hall–Kier alpha value is -2.08. The van der Waals surface area contributed by atoms with Crippen molar-refractivity contribution in [3.63, 3.8) is 0 Å². The van der Waals surface area contributed by atoms with E-state index in [1.165, 1.54) is 39.9 Å². The van der Waals surface area contributed by atoms with E-state index in [0.29, 0.717) is 19.0 Å². The summed E-state index contributed by atoms with van der Waals surface area (Å²) in [6, 6.07) is 9.35. The number of anilines is 1. The van der Waals surface area contributed by atoms with Crippen molar-refractivity contribution in [1.82, 2.24) is 14.5 Å². The molecule has 11 heteroatoms. The van der Waals surface area contributed by atoms with Crippen LogP contribution in [-0.4, -0.2) is 41.9 Å². The second-order valence-corrected chi connectivity index (χ2v) is 9.98. The molecule has 0 aliphatic carbocycles. The third-order valence-electron chi connectivity index (χ3n) is 3.89. The predicted molar refractivity (Wildman–Crippen MR) is 110 cm³/mol. The highest BCUT2D eigenvalue weighted by atomic mass is 79.9. The number of hydrogen-bond donors (Lipinski definition) is 1. The fraction of sp³-hybridized carbons (Fsp3) is 0.235. The molecule has 1 aromatic carbocycles. The number of nitrogens with zero attached hydrogens (tertiary/aromatic N) is 3. The molecule has 0 bridgehead atoms. The molecule has 0 saturated carbocycles. The maximum Gasteiger partial charge on any atom is 0.322 e. The molecule has 0 aliphatic heterocycles. The van der Waals surface area contributed by atoms with Gasteiger partial charge in [0.1, 0.15) is 0 Å². The molecule has 2 aromatic heterocycles. The summed E-state index contributed by atoms with van der Waals surface area (Å²) in [5, 5.41) is 10.2. The van der Waals surface area contributed by atoms with Gasteiger partial charge in [-0.1, -0.05) is 18.9 Å². The van der Waals surface area contributed by atoms with E-state index in [0.717, 1.165) is 8.66 Å². The molecule has 0 aliphatic rings. The number of thiophene rings is 1. The number of sulfonamides is 1. The maximum atomic E-state index is 12.5. The summed E-state index contributed by atoms with van der Waals surface area (Å²) in [5.41, 5.74) is 0.275. The van der Waals surface area contributed by atoms with E-state index in [9.17, 15) is 13.2 Å². The van der Waals surface area contributed by atoms with Gasteiger partial charge >= 0.3 is 6.01 Å². The Balaban J connectivity index is 1.73. The highest BCUT2D eigenvalue weighted by Crippen LogP contribution is 2.31. The maximum absolute atomic E-state index is 12.5. The number of carbonyl (C=O) groups excluding carboxylic acids is 1. The van der Waals surface area contributed by atoms with Crippen molar-refractivity contribution < 1.29 is 17.6 Å². The standard InChI is InChI=1S/C17H17BrN4O4S2/c1-3-22(4-2)28(24,25)12-7-5-11(6-8-12)15(23)19-17-21-20-16(26-17)13-9-10-14(18)27-13/h5-10H,3-4H2,1-2H3,(H,19,21,23). The van der Waals surface area contributed by atoms with E-state index in [2.05, 4.69) is 31.4 Å². The molecule has 0 saturated heterocycles. The summed E-state index contributed by atoms with van der Waals surface area (Å²) < 4.78 is 32.7. The van der Waals surface area contributed by atoms with Crippen LogP contribution < -0.4 is 5.32 Å². The van der Waals surface area contributed by atoms with E-state index in [4.69, 9.17) is 4.42 Å². The molecule has 2 heterocycles. The van der Waals surface area contributed by atoms with Crippen LogP contribution in [0.1, 0.15) is 24.2 Å². The highest BCUT2D eigenvalue weighted by molar-refractivity contribution is 9.11. The van der Waals surface area contributed by atoms with Gasteiger partial charge in [0.05, 0.1) is 13.6 Å². The molecule has 28 heavy (non-hydrogen) atoms. The average Bonchev–Trinajstić information content (AvgIpc) is 3.31. The molecule has 0 atom stereocenters. The van der Waals surface area contributed by atoms with E-state index in [-0.39, 0.29) is 16.5 Å². The third-order valence-corrected chi connectivity index (χ3v) is 7.56. The van der Waals surface area contributed by atoms with Crippen LogP contribution in [0.5, 0.6) is 0 Å². The summed E-state index contributed by atoms with van der Waals surface area (Å²) >= 11 is 4.78. The lowest BCUT2D eigenvalue weighted by molar-refractivity contribution is 0.102. The monoisotopic (exact) mass is 484 g/mol. The predicted octanol–water partition coefficient (Wildman–Crippen LogP) is 3.84. The topological polar surface area (TPSA) is 105 Å². The normalized spacial score (nSPS) is 11.7. The van der Waals surface area contributed by atoms with Crippen molar-refractivity contribution in [2.24, 2.45) is 0 Å². The summed E-state index contributed by atoms with van der Waals surface area (Å²) in [7, 11) is -3.57. The first-order chi connectivity index (χ1) is 13.3. The van der Waals surface area contributed by atoms with Gasteiger partial charge in [0.25, 0.3) is 11.8 Å². The first-order valence-electron chi connectivity index (χ1n) is 8.36. The van der Waals surface area contributed by atoms with Crippen molar-refractivity contribution in [3.05, 3.63) is 45.7 Å². The van der Waals surface area contributed by atoms with Crippen LogP contribution in [0.3, 0.4) is 0 Å². The molecule has 0 radical (unpaired) electrons. The van der Waals surface area contributed by atoms with Gasteiger partial charge in [-0.25, -0.2) is 8.42 Å². The minimum atomic E-state index is -3.57. The number of hydrogen-bond acceptors (Lipinski definition) is 7. The molecule has 0 fully saturated rings. The van der Waals surface area contributed by atoms with Crippen molar-refractivity contribution in [2.45, 2.75) is 18.7 Å². The van der Waals surface area contributed by atoms with Gasteiger partial charge in [0.15, 0.2) is 0 Å². The minimum absolute atomic E-state index is 0.0376. The fourth-order valence-corrected chi connectivity index (χ4v) is 5.23. The Bertz CT molecular complexity index is 1070. The molecule has 8 nitrogen and oxygen atoms in total. The molecule has 3 rings (SSSR count). The zero-order valence-electron chi connectivity index (χ0n) is 15.0. The average molecular weight is 485 g/mol. The Morgan fingerprint density at radius 3 is 2.39 bits per heavy atom. The first kappa shape index (κ1) is 20.6. The number of aromatic nitrogens is 2. The lowest BCUT2D eigenvalue weighted by atomic mass is 10.2. The van der Waals surface area contributed by atoms with Crippen LogP contribution in [0.25, 0.3) is 10.8 Å². The van der Waals surface area contributed by atoms with Crippen molar-refractivity contribution >= 4 is 49.2 Å². The van der Waals surface area contributed by atoms with Crippen molar-refractivity contribution in [3.8, 4) is 10.8 Å². The second-order valence-electron chi connectivity index (χ2n) is 5.58. The van der Waals surface area contributed by atoms with Crippen LogP contribution in [-0.2, 0) is 10.0 Å². The Morgan fingerprint density at radius 1 is 1.14 bits per heavy atom.